The van der Waals surface area contributed by atoms with E-state index in [9.17, 15) is 50.4 Å². The normalized spacial score (nSPS) is 29.2. The molecule has 172 valence electrons. The van der Waals surface area contributed by atoms with Crippen LogP contribution in [0.5, 0.6) is 0 Å². The third-order valence-corrected chi connectivity index (χ3v) is 4.99. The molecule has 0 aromatic heterocycles. The maximum Gasteiger partial charge on any atom is 0.233 e. The summed E-state index contributed by atoms with van der Waals surface area (Å²) in [6, 6.07) is 8.43. The highest BCUT2D eigenvalue weighted by atomic mass is 16.5. The molecule has 9 atom stereocenters. The zero-order valence-electron chi connectivity index (χ0n) is 16.2. The first-order valence-electron chi connectivity index (χ1n) is 9.43. The van der Waals surface area contributed by atoms with Gasteiger partial charge in [0.1, 0.15) is 54.9 Å². The van der Waals surface area contributed by atoms with Crippen molar-refractivity contribution >= 4 is 17.6 Å². The first-order valence-corrected chi connectivity index (χ1v) is 9.43. The van der Waals surface area contributed by atoms with E-state index in [0.29, 0.717) is 5.56 Å². The van der Waals surface area contributed by atoms with E-state index in [4.69, 9.17) is 4.74 Å². The molecule has 0 bridgehead atoms. The van der Waals surface area contributed by atoms with Gasteiger partial charge < -0.3 is 45.6 Å². The summed E-state index contributed by atoms with van der Waals surface area (Å²) in [5, 5.41) is 79.1. The Labute approximate surface area is 177 Å². The van der Waals surface area contributed by atoms with Gasteiger partial charge >= 0.3 is 0 Å². The van der Waals surface area contributed by atoms with Gasteiger partial charge in [0.15, 0.2) is 0 Å². The molecule has 1 fully saturated rings. The van der Waals surface area contributed by atoms with Crippen molar-refractivity contribution in [3.63, 3.8) is 0 Å². The standard InChI is InChI=1S/C20H26O11/c21-10(7-6-9-4-2-1-3-5-9)12(23)14(25)15(26)16(27)17(28)19(30)20-18(29)13(24)11(22)8-31-20/h1-7,11,13-20,22,24-30H,8H2/t11-,13-,14+,15-,16+,17+,18+,19?,20?/m1/s1. The van der Waals surface area contributed by atoms with E-state index in [1.807, 2.05) is 0 Å². The largest absolute Gasteiger partial charge is 0.388 e. The molecule has 1 saturated heterocycles. The van der Waals surface area contributed by atoms with Gasteiger partial charge in [0.05, 0.1) is 6.61 Å². The fourth-order valence-corrected chi connectivity index (χ4v) is 3.03. The van der Waals surface area contributed by atoms with Crippen LogP contribution in [0.1, 0.15) is 5.56 Å². The molecule has 8 N–H and O–H groups in total. The Balaban J connectivity index is 2.00. The number of hydrogen-bond acceptors (Lipinski definition) is 11. The lowest BCUT2D eigenvalue weighted by molar-refractivity contribution is -0.234. The molecular weight excluding hydrogens is 416 g/mol. The Bertz CT molecular complexity index is 768. The molecule has 0 radical (unpaired) electrons. The molecule has 2 rings (SSSR count). The quantitative estimate of drug-likeness (QED) is 0.137. The SMILES string of the molecule is O=C(C=Cc1ccccc1)C(=O)[C@H](O)[C@@H](O)[C@H](O)[C@H](O)C(O)C1OC[C@@H](O)[C@@H](O)[C@@H]1O. The maximum atomic E-state index is 12.0. The van der Waals surface area contributed by atoms with Crippen LogP contribution in [0.25, 0.3) is 6.08 Å². The zero-order chi connectivity index (χ0) is 23.3. The van der Waals surface area contributed by atoms with E-state index in [1.54, 1.807) is 30.3 Å². The third kappa shape index (κ3) is 6.01. The van der Waals surface area contributed by atoms with Crippen molar-refractivity contribution in [2.45, 2.75) is 54.9 Å². The molecular formula is C20H26O11. The van der Waals surface area contributed by atoms with Crippen molar-refractivity contribution < 1.29 is 55.2 Å². The highest BCUT2D eigenvalue weighted by Crippen LogP contribution is 2.22. The molecule has 0 amide bonds. The van der Waals surface area contributed by atoms with Crippen molar-refractivity contribution in [2.24, 2.45) is 0 Å². The number of carbonyl (C=O) groups excluding carboxylic acids is 2. The molecule has 1 aromatic carbocycles. The fourth-order valence-electron chi connectivity index (χ4n) is 3.03. The second-order valence-electron chi connectivity index (χ2n) is 7.23. The van der Waals surface area contributed by atoms with Crippen molar-refractivity contribution in [3.8, 4) is 0 Å². The summed E-state index contributed by atoms with van der Waals surface area (Å²) in [6.07, 6.45) is -15.9. The van der Waals surface area contributed by atoms with Crippen molar-refractivity contribution in [2.75, 3.05) is 6.61 Å². The topological polar surface area (TPSA) is 205 Å². The van der Waals surface area contributed by atoms with Gasteiger partial charge in [-0.3, -0.25) is 9.59 Å². The van der Waals surface area contributed by atoms with Gasteiger partial charge in [0.25, 0.3) is 0 Å². The minimum atomic E-state index is -2.42. The molecule has 1 heterocycles. The van der Waals surface area contributed by atoms with Gasteiger partial charge in [-0.25, -0.2) is 0 Å². The molecule has 2 unspecified atom stereocenters. The van der Waals surface area contributed by atoms with Crippen LogP contribution in [-0.4, -0.2) is 114 Å². The molecule has 1 aromatic rings. The van der Waals surface area contributed by atoms with E-state index in [-0.39, 0.29) is 0 Å². The molecule has 31 heavy (non-hydrogen) atoms. The number of Topliss-reactive ketones (excluding diaryl/α,β-unsaturated/α-hetero) is 1. The van der Waals surface area contributed by atoms with Crippen LogP contribution in [0.15, 0.2) is 36.4 Å². The Morgan fingerprint density at radius 3 is 2.13 bits per heavy atom. The molecule has 1 aliphatic heterocycles. The highest BCUT2D eigenvalue weighted by Gasteiger charge is 2.47. The highest BCUT2D eigenvalue weighted by molar-refractivity contribution is 6.43. The van der Waals surface area contributed by atoms with Crippen LogP contribution in [0.3, 0.4) is 0 Å². The minimum Gasteiger partial charge on any atom is -0.388 e. The number of benzene rings is 1. The predicted molar refractivity (Wildman–Crippen MR) is 103 cm³/mol. The molecule has 0 saturated carbocycles. The molecule has 1 aliphatic rings. The number of aliphatic hydroxyl groups excluding tert-OH is 8. The fraction of sp³-hybridized carbons (Fsp3) is 0.500. The zero-order valence-corrected chi connectivity index (χ0v) is 16.2. The van der Waals surface area contributed by atoms with Gasteiger partial charge in [-0.15, -0.1) is 0 Å². The van der Waals surface area contributed by atoms with Crippen LogP contribution >= 0.6 is 0 Å². The monoisotopic (exact) mass is 442 g/mol. The van der Waals surface area contributed by atoms with Gasteiger partial charge in [-0.05, 0) is 11.6 Å². The lowest BCUT2D eigenvalue weighted by Gasteiger charge is -2.40. The summed E-state index contributed by atoms with van der Waals surface area (Å²) in [4.78, 5) is 24.0. The summed E-state index contributed by atoms with van der Waals surface area (Å²) < 4.78 is 4.95. The Morgan fingerprint density at radius 1 is 0.903 bits per heavy atom. The number of ether oxygens (including phenoxy) is 1. The summed E-state index contributed by atoms with van der Waals surface area (Å²) in [5.41, 5.74) is 0.593. The van der Waals surface area contributed by atoms with E-state index in [2.05, 4.69) is 0 Å². The average molecular weight is 442 g/mol. The molecule has 0 aliphatic carbocycles. The van der Waals surface area contributed by atoms with Crippen LogP contribution in [0.2, 0.25) is 0 Å². The van der Waals surface area contributed by atoms with Crippen LogP contribution in [-0.2, 0) is 14.3 Å². The van der Waals surface area contributed by atoms with Crippen molar-refractivity contribution in [1.29, 1.82) is 0 Å². The summed E-state index contributed by atoms with van der Waals surface area (Å²) in [5.74, 6) is -2.64. The van der Waals surface area contributed by atoms with Gasteiger partial charge in [0, 0.05) is 0 Å². The van der Waals surface area contributed by atoms with Crippen LogP contribution in [0, 0.1) is 0 Å². The van der Waals surface area contributed by atoms with E-state index in [1.165, 1.54) is 6.08 Å². The van der Waals surface area contributed by atoms with Crippen LogP contribution < -0.4 is 0 Å². The summed E-state index contributed by atoms with van der Waals surface area (Å²) >= 11 is 0. The number of hydrogen-bond donors (Lipinski definition) is 8. The molecule has 11 nitrogen and oxygen atoms in total. The predicted octanol–water partition coefficient (Wildman–Crippen LogP) is -3.88. The minimum absolute atomic E-state index is 0.491. The van der Waals surface area contributed by atoms with E-state index in [0.717, 1.165) is 6.08 Å². The van der Waals surface area contributed by atoms with Crippen molar-refractivity contribution in [3.05, 3.63) is 42.0 Å². The lowest BCUT2D eigenvalue weighted by Crippen LogP contribution is -2.62. The summed E-state index contributed by atoms with van der Waals surface area (Å²) in [7, 11) is 0. The van der Waals surface area contributed by atoms with Crippen LogP contribution in [0.4, 0.5) is 0 Å². The Kier molecular flexibility index (Phi) is 8.94. The maximum absolute atomic E-state index is 12.0. The number of aliphatic hydroxyl groups is 8. The Morgan fingerprint density at radius 2 is 1.52 bits per heavy atom. The number of ketones is 2. The number of rotatable bonds is 9. The second kappa shape index (κ2) is 11.0. The smallest absolute Gasteiger partial charge is 0.233 e. The molecule has 0 spiro atoms. The van der Waals surface area contributed by atoms with Crippen molar-refractivity contribution in [1.82, 2.24) is 0 Å². The van der Waals surface area contributed by atoms with E-state index >= 15 is 0 Å². The van der Waals surface area contributed by atoms with E-state index < -0.39 is 73.1 Å². The number of allylic oxidation sites excluding steroid dienone is 1. The first-order chi connectivity index (χ1) is 14.6. The van der Waals surface area contributed by atoms with Gasteiger partial charge in [-0.1, -0.05) is 36.4 Å². The third-order valence-electron chi connectivity index (χ3n) is 4.99. The lowest BCUT2D eigenvalue weighted by atomic mass is 9.89. The number of carbonyl (C=O) groups is 2. The summed E-state index contributed by atoms with van der Waals surface area (Å²) in [6.45, 7) is -0.491. The second-order valence-corrected chi connectivity index (χ2v) is 7.23. The first kappa shape index (κ1) is 25.2. The van der Waals surface area contributed by atoms with Gasteiger partial charge in [-0.2, -0.15) is 0 Å². The van der Waals surface area contributed by atoms with Gasteiger partial charge in [0.2, 0.25) is 11.6 Å². The average Bonchev–Trinajstić information content (AvgIpc) is 2.78. The Hall–Kier alpha value is -2.06. The molecule has 11 heteroatoms.